The average molecular weight is 523 g/mol. The molecule has 0 bridgehead atoms. The van der Waals surface area contributed by atoms with E-state index < -0.39 is 0 Å². The van der Waals surface area contributed by atoms with Crippen LogP contribution in [0.3, 0.4) is 0 Å². The number of rotatable bonds is 9. The predicted octanol–water partition coefficient (Wildman–Crippen LogP) is 6.03. The molecule has 0 spiro atoms. The highest BCUT2D eigenvalue weighted by molar-refractivity contribution is 7.09. The van der Waals surface area contributed by atoms with E-state index in [1.807, 2.05) is 41.8 Å². The molecule has 37 heavy (non-hydrogen) atoms. The van der Waals surface area contributed by atoms with E-state index in [4.69, 9.17) is 4.74 Å². The summed E-state index contributed by atoms with van der Waals surface area (Å²) in [6.45, 7) is 8.16. The molecule has 1 unspecified atom stereocenters. The van der Waals surface area contributed by atoms with Gasteiger partial charge in [-0.25, -0.2) is 4.39 Å². The SMILES string of the molecule is CC(C)(C)c1ccc(C(=O)N(CC(=O)N(Cc2ccc(F)cc2)Cc2cccs2)CC2CCCO2)cc1. The van der Waals surface area contributed by atoms with Gasteiger partial charge in [-0.3, -0.25) is 9.59 Å². The summed E-state index contributed by atoms with van der Waals surface area (Å²) in [5.41, 5.74) is 2.52. The Morgan fingerprint density at radius 3 is 2.32 bits per heavy atom. The summed E-state index contributed by atoms with van der Waals surface area (Å²) in [4.78, 5) is 31.7. The lowest BCUT2D eigenvalue weighted by Gasteiger charge is -2.29. The highest BCUT2D eigenvalue weighted by atomic mass is 32.1. The van der Waals surface area contributed by atoms with Crippen molar-refractivity contribution in [1.82, 2.24) is 9.80 Å². The Balaban J connectivity index is 1.55. The number of hydrogen-bond acceptors (Lipinski definition) is 4. The summed E-state index contributed by atoms with van der Waals surface area (Å²) in [7, 11) is 0. The van der Waals surface area contributed by atoms with Gasteiger partial charge in [0, 0.05) is 30.1 Å². The van der Waals surface area contributed by atoms with Gasteiger partial charge in [0.05, 0.1) is 12.6 Å². The fraction of sp³-hybridized carbons (Fsp3) is 0.400. The molecule has 2 heterocycles. The topological polar surface area (TPSA) is 49.9 Å². The van der Waals surface area contributed by atoms with Gasteiger partial charge < -0.3 is 14.5 Å². The number of hydrogen-bond donors (Lipinski definition) is 0. The molecule has 0 saturated carbocycles. The minimum atomic E-state index is -0.314. The van der Waals surface area contributed by atoms with Gasteiger partial charge in [0.15, 0.2) is 0 Å². The van der Waals surface area contributed by atoms with E-state index in [1.54, 1.807) is 33.3 Å². The lowest BCUT2D eigenvalue weighted by Crippen LogP contribution is -2.45. The van der Waals surface area contributed by atoms with Gasteiger partial charge in [-0.05, 0) is 65.1 Å². The standard InChI is InChI=1S/C30H35FN2O3S/c1-30(2,3)24-12-10-23(11-13-24)29(35)33(19-26-6-4-16-36-26)21-28(34)32(20-27-7-5-17-37-27)18-22-8-14-25(31)15-9-22/h5,7-15,17,26H,4,6,16,18-21H2,1-3H3. The molecule has 5 nitrogen and oxygen atoms in total. The van der Waals surface area contributed by atoms with Crippen molar-refractivity contribution in [3.8, 4) is 0 Å². The average Bonchev–Trinajstić information content (AvgIpc) is 3.58. The van der Waals surface area contributed by atoms with Crippen molar-refractivity contribution in [2.45, 2.75) is 58.2 Å². The van der Waals surface area contributed by atoms with E-state index in [0.717, 1.165) is 28.8 Å². The molecule has 1 aliphatic heterocycles. The van der Waals surface area contributed by atoms with Gasteiger partial charge >= 0.3 is 0 Å². The molecule has 4 rings (SSSR count). The normalized spacial score (nSPS) is 15.5. The monoisotopic (exact) mass is 522 g/mol. The number of carbonyl (C=O) groups is 2. The maximum absolute atomic E-state index is 13.7. The van der Waals surface area contributed by atoms with E-state index in [-0.39, 0.29) is 35.7 Å². The summed E-state index contributed by atoms with van der Waals surface area (Å²) in [5.74, 6) is -0.650. The minimum Gasteiger partial charge on any atom is -0.376 e. The van der Waals surface area contributed by atoms with Crippen molar-refractivity contribution in [2.75, 3.05) is 19.7 Å². The van der Waals surface area contributed by atoms with E-state index in [2.05, 4.69) is 20.8 Å². The van der Waals surface area contributed by atoms with Crippen molar-refractivity contribution in [3.05, 3.63) is 93.4 Å². The number of halogens is 1. The van der Waals surface area contributed by atoms with E-state index in [0.29, 0.717) is 31.8 Å². The van der Waals surface area contributed by atoms with Crippen LogP contribution in [0.5, 0.6) is 0 Å². The number of benzene rings is 2. The molecule has 1 fully saturated rings. The maximum atomic E-state index is 13.7. The van der Waals surface area contributed by atoms with Gasteiger partial charge in [0.2, 0.25) is 5.91 Å². The molecule has 1 atom stereocenters. The van der Waals surface area contributed by atoms with Crippen LogP contribution in [0.4, 0.5) is 4.39 Å². The zero-order valence-electron chi connectivity index (χ0n) is 21.8. The van der Waals surface area contributed by atoms with Crippen LogP contribution >= 0.6 is 11.3 Å². The molecule has 3 aromatic rings. The fourth-order valence-corrected chi connectivity index (χ4v) is 5.16. The Bertz CT molecular complexity index is 1170. The summed E-state index contributed by atoms with van der Waals surface area (Å²) >= 11 is 1.58. The Morgan fingerprint density at radius 1 is 1.00 bits per heavy atom. The second kappa shape index (κ2) is 12.0. The first-order chi connectivity index (χ1) is 17.7. The van der Waals surface area contributed by atoms with Crippen LogP contribution < -0.4 is 0 Å². The molecular formula is C30H35FN2O3S. The summed E-state index contributed by atoms with van der Waals surface area (Å²) in [6, 6.07) is 17.8. The molecule has 2 amide bonds. The molecule has 2 aromatic carbocycles. The predicted molar refractivity (Wildman–Crippen MR) is 145 cm³/mol. The van der Waals surface area contributed by atoms with E-state index >= 15 is 0 Å². The molecule has 196 valence electrons. The highest BCUT2D eigenvalue weighted by Crippen LogP contribution is 2.23. The lowest BCUT2D eigenvalue weighted by atomic mass is 9.86. The Hall–Kier alpha value is -3.03. The van der Waals surface area contributed by atoms with E-state index in [9.17, 15) is 14.0 Å². The van der Waals surface area contributed by atoms with Crippen molar-refractivity contribution >= 4 is 23.2 Å². The van der Waals surface area contributed by atoms with Gasteiger partial charge in [-0.2, -0.15) is 0 Å². The van der Waals surface area contributed by atoms with Crippen molar-refractivity contribution in [1.29, 1.82) is 0 Å². The van der Waals surface area contributed by atoms with Crippen LogP contribution in [0.15, 0.2) is 66.0 Å². The van der Waals surface area contributed by atoms with E-state index in [1.165, 1.54) is 12.1 Å². The van der Waals surface area contributed by atoms with Crippen molar-refractivity contribution in [2.24, 2.45) is 0 Å². The zero-order valence-corrected chi connectivity index (χ0v) is 22.6. The number of carbonyl (C=O) groups excluding carboxylic acids is 2. The quantitative estimate of drug-likeness (QED) is 0.345. The zero-order chi connectivity index (χ0) is 26.4. The highest BCUT2D eigenvalue weighted by Gasteiger charge is 2.27. The lowest BCUT2D eigenvalue weighted by molar-refractivity contribution is -0.133. The van der Waals surface area contributed by atoms with Crippen LogP contribution in [-0.4, -0.2) is 47.4 Å². The fourth-order valence-electron chi connectivity index (χ4n) is 4.45. The maximum Gasteiger partial charge on any atom is 0.254 e. The molecule has 1 aliphatic rings. The Labute approximate surface area is 222 Å². The molecule has 0 aliphatic carbocycles. The molecular weight excluding hydrogens is 487 g/mol. The minimum absolute atomic E-state index is 0.0163. The first-order valence-electron chi connectivity index (χ1n) is 12.7. The third-order valence-corrected chi connectivity index (χ3v) is 7.49. The summed E-state index contributed by atoms with van der Waals surface area (Å²) in [6.07, 6.45) is 1.75. The molecule has 0 radical (unpaired) electrons. The summed E-state index contributed by atoms with van der Waals surface area (Å²) < 4.78 is 19.3. The van der Waals surface area contributed by atoms with Crippen LogP contribution in [0.2, 0.25) is 0 Å². The van der Waals surface area contributed by atoms with Gasteiger partial charge in [0.1, 0.15) is 12.4 Å². The Morgan fingerprint density at radius 2 is 1.73 bits per heavy atom. The van der Waals surface area contributed by atoms with Gasteiger partial charge in [0.25, 0.3) is 5.91 Å². The smallest absolute Gasteiger partial charge is 0.254 e. The first-order valence-corrected chi connectivity index (χ1v) is 13.6. The van der Waals surface area contributed by atoms with Crippen LogP contribution in [0, 0.1) is 5.82 Å². The second-order valence-electron chi connectivity index (χ2n) is 10.6. The van der Waals surface area contributed by atoms with Crippen LogP contribution in [0.25, 0.3) is 0 Å². The third kappa shape index (κ3) is 7.49. The number of amides is 2. The number of thiophene rings is 1. The number of nitrogens with zero attached hydrogens (tertiary/aromatic N) is 2. The third-order valence-electron chi connectivity index (χ3n) is 6.63. The molecule has 1 aromatic heterocycles. The number of ether oxygens (including phenoxy) is 1. The molecule has 0 N–H and O–H groups in total. The van der Waals surface area contributed by atoms with Crippen LogP contribution in [-0.2, 0) is 28.0 Å². The van der Waals surface area contributed by atoms with Crippen molar-refractivity contribution < 1.29 is 18.7 Å². The molecule has 7 heteroatoms. The largest absolute Gasteiger partial charge is 0.376 e. The first kappa shape index (κ1) is 27.0. The Kier molecular flexibility index (Phi) is 8.77. The summed E-state index contributed by atoms with van der Waals surface area (Å²) in [5, 5.41) is 1.98. The van der Waals surface area contributed by atoms with Gasteiger partial charge in [-0.15, -0.1) is 11.3 Å². The molecule has 1 saturated heterocycles. The van der Waals surface area contributed by atoms with Gasteiger partial charge in [-0.1, -0.05) is 51.1 Å². The van der Waals surface area contributed by atoms with Crippen molar-refractivity contribution in [3.63, 3.8) is 0 Å². The second-order valence-corrected chi connectivity index (χ2v) is 11.6. The van der Waals surface area contributed by atoms with Crippen LogP contribution in [0.1, 0.15) is 60.0 Å².